The summed E-state index contributed by atoms with van der Waals surface area (Å²) in [6.45, 7) is 2.51. The highest BCUT2D eigenvalue weighted by atomic mass is 19.4. The molecule has 1 aliphatic heterocycles. The average molecular weight is 555 g/mol. The standard InChI is InChI=1S/C27H25F7N4O/c28-21-6-8-23(9-7-21)37-10-12-38(13-11-37)24(18-4-2-1-3-5-18)17-35-25(39)36-22-15-19(26(29,30)31)14-20(16-22)27(32,33)34/h1-9,14-16,24H,10-13,17H2,(H2,35,36,39). The molecule has 0 radical (unpaired) electrons. The fourth-order valence-electron chi connectivity index (χ4n) is 4.47. The van der Waals surface area contributed by atoms with E-state index < -0.39 is 35.2 Å². The molecule has 12 heteroatoms. The van der Waals surface area contributed by atoms with Crippen LogP contribution in [0.15, 0.2) is 72.8 Å². The number of nitrogens with one attached hydrogen (secondary N) is 2. The van der Waals surface area contributed by atoms with E-state index in [1.165, 1.54) is 12.1 Å². The SMILES string of the molecule is O=C(NCC(c1ccccc1)N1CCN(c2ccc(F)cc2)CC1)Nc1cc(C(F)(F)F)cc(C(F)(F)F)c1. The molecule has 3 aromatic carbocycles. The van der Waals surface area contributed by atoms with Gasteiger partial charge in [0.15, 0.2) is 0 Å². The largest absolute Gasteiger partial charge is 0.416 e. The first-order valence-corrected chi connectivity index (χ1v) is 12.0. The zero-order valence-corrected chi connectivity index (χ0v) is 20.5. The normalized spacial score (nSPS) is 15.6. The average Bonchev–Trinajstić information content (AvgIpc) is 2.89. The van der Waals surface area contributed by atoms with Gasteiger partial charge in [0.2, 0.25) is 0 Å². The Morgan fingerprint density at radius 1 is 0.795 bits per heavy atom. The molecule has 1 saturated heterocycles. The van der Waals surface area contributed by atoms with E-state index in [0.717, 1.165) is 11.3 Å². The van der Waals surface area contributed by atoms with Gasteiger partial charge >= 0.3 is 18.4 Å². The molecular formula is C27H25F7N4O. The molecule has 1 fully saturated rings. The Kier molecular flexibility index (Phi) is 8.34. The highest BCUT2D eigenvalue weighted by Crippen LogP contribution is 2.37. The second kappa shape index (κ2) is 11.5. The van der Waals surface area contributed by atoms with Crippen LogP contribution in [-0.4, -0.2) is 43.7 Å². The summed E-state index contributed by atoms with van der Waals surface area (Å²) < 4.78 is 92.2. The number of carbonyl (C=O) groups is 1. The third-order valence-electron chi connectivity index (χ3n) is 6.43. The fraction of sp³-hybridized carbons (Fsp3) is 0.296. The summed E-state index contributed by atoms with van der Waals surface area (Å²) in [7, 11) is 0. The molecule has 4 rings (SSSR count). The molecule has 0 spiro atoms. The lowest BCUT2D eigenvalue weighted by molar-refractivity contribution is -0.143. The molecule has 0 aromatic heterocycles. The van der Waals surface area contributed by atoms with Crippen LogP contribution in [0.3, 0.4) is 0 Å². The summed E-state index contributed by atoms with van der Waals surface area (Å²) in [5.74, 6) is -0.328. The predicted octanol–water partition coefficient (Wildman–Crippen LogP) is 6.55. The van der Waals surface area contributed by atoms with E-state index in [1.54, 1.807) is 12.1 Å². The predicted molar refractivity (Wildman–Crippen MR) is 133 cm³/mol. The van der Waals surface area contributed by atoms with E-state index in [1.807, 2.05) is 30.3 Å². The first-order chi connectivity index (χ1) is 18.4. The van der Waals surface area contributed by atoms with E-state index >= 15 is 0 Å². The van der Waals surface area contributed by atoms with Crippen LogP contribution in [-0.2, 0) is 12.4 Å². The topological polar surface area (TPSA) is 47.6 Å². The second-order valence-corrected chi connectivity index (χ2v) is 9.06. The zero-order valence-electron chi connectivity index (χ0n) is 20.5. The number of piperazine rings is 1. The van der Waals surface area contributed by atoms with Crippen molar-refractivity contribution < 1.29 is 35.5 Å². The van der Waals surface area contributed by atoms with E-state index in [4.69, 9.17) is 0 Å². The highest BCUT2D eigenvalue weighted by molar-refractivity contribution is 5.89. The second-order valence-electron chi connectivity index (χ2n) is 9.06. The van der Waals surface area contributed by atoms with Crippen LogP contribution in [0.5, 0.6) is 0 Å². The van der Waals surface area contributed by atoms with Crippen molar-refractivity contribution in [1.29, 1.82) is 0 Å². The maximum atomic E-state index is 13.3. The molecular weight excluding hydrogens is 529 g/mol. The van der Waals surface area contributed by atoms with Crippen molar-refractivity contribution in [3.05, 3.63) is 95.3 Å². The van der Waals surface area contributed by atoms with Crippen LogP contribution >= 0.6 is 0 Å². The molecule has 0 saturated carbocycles. The molecule has 1 aliphatic rings. The monoisotopic (exact) mass is 554 g/mol. The van der Waals surface area contributed by atoms with E-state index in [9.17, 15) is 35.5 Å². The number of hydrogen-bond acceptors (Lipinski definition) is 3. The smallest absolute Gasteiger partial charge is 0.369 e. The molecule has 5 nitrogen and oxygen atoms in total. The number of hydrogen-bond donors (Lipinski definition) is 2. The van der Waals surface area contributed by atoms with Crippen molar-refractivity contribution >= 4 is 17.4 Å². The number of anilines is 2. The van der Waals surface area contributed by atoms with Gasteiger partial charge in [-0.1, -0.05) is 30.3 Å². The van der Waals surface area contributed by atoms with Gasteiger partial charge in [-0.05, 0) is 48.0 Å². The Balaban J connectivity index is 1.44. The number of halogens is 7. The molecule has 1 atom stereocenters. The van der Waals surface area contributed by atoms with Crippen LogP contribution in [0.25, 0.3) is 0 Å². The van der Waals surface area contributed by atoms with Gasteiger partial charge in [0.25, 0.3) is 0 Å². The number of benzene rings is 3. The number of carbonyl (C=O) groups excluding carboxylic acids is 1. The zero-order chi connectivity index (χ0) is 28.2. The van der Waals surface area contributed by atoms with Crippen molar-refractivity contribution in [2.24, 2.45) is 0 Å². The van der Waals surface area contributed by atoms with Gasteiger partial charge in [-0.2, -0.15) is 26.3 Å². The number of nitrogens with zero attached hydrogens (tertiary/aromatic N) is 2. The lowest BCUT2D eigenvalue weighted by Crippen LogP contribution is -2.50. The summed E-state index contributed by atoms with van der Waals surface area (Å²) in [5, 5.41) is 4.69. The third-order valence-corrected chi connectivity index (χ3v) is 6.43. The molecule has 2 amide bonds. The van der Waals surface area contributed by atoms with Crippen molar-refractivity contribution in [1.82, 2.24) is 10.2 Å². The molecule has 0 bridgehead atoms. The van der Waals surface area contributed by atoms with Crippen LogP contribution in [0.2, 0.25) is 0 Å². The summed E-state index contributed by atoms with van der Waals surface area (Å²) in [5.41, 5.74) is -1.91. The quantitative estimate of drug-likeness (QED) is 0.340. The Hall–Kier alpha value is -3.80. The number of amides is 2. The molecule has 1 unspecified atom stereocenters. The molecule has 39 heavy (non-hydrogen) atoms. The van der Waals surface area contributed by atoms with Crippen LogP contribution < -0.4 is 15.5 Å². The minimum atomic E-state index is -5.03. The van der Waals surface area contributed by atoms with Crippen LogP contribution in [0, 0.1) is 5.82 Å². The number of rotatable bonds is 6. The maximum Gasteiger partial charge on any atom is 0.416 e. The molecule has 208 valence electrons. The van der Waals surface area contributed by atoms with Gasteiger partial charge in [0.05, 0.1) is 17.2 Å². The van der Waals surface area contributed by atoms with Crippen molar-refractivity contribution in [3.63, 3.8) is 0 Å². The molecule has 1 heterocycles. The van der Waals surface area contributed by atoms with Gasteiger partial charge in [-0.3, -0.25) is 4.90 Å². The van der Waals surface area contributed by atoms with Gasteiger partial charge < -0.3 is 15.5 Å². The van der Waals surface area contributed by atoms with Crippen molar-refractivity contribution in [2.75, 3.05) is 42.9 Å². The van der Waals surface area contributed by atoms with Gasteiger partial charge in [0.1, 0.15) is 5.82 Å². The minimum Gasteiger partial charge on any atom is -0.369 e. The minimum absolute atomic E-state index is 0.000102. The van der Waals surface area contributed by atoms with E-state index in [0.29, 0.717) is 38.3 Å². The third kappa shape index (κ3) is 7.41. The van der Waals surface area contributed by atoms with Crippen LogP contribution in [0.4, 0.5) is 46.9 Å². The molecule has 3 aromatic rings. The van der Waals surface area contributed by atoms with E-state index in [2.05, 4.69) is 20.4 Å². The van der Waals surface area contributed by atoms with Crippen molar-refractivity contribution in [3.8, 4) is 0 Å². The van der Waals surface area contributed by atoms with Gasteiger partial charge in [-0.25, -0.2) is 9.18 Å². The summed E-state index contributed by atoms with van der Waals surface area (Å²) in [4.78, 5) is 16.8. The summed E-state index contributed by atoms with van der Waals surface area (Å²) >= 11 is 0. The first kappa shape index (κ1) is 28.2. The fourth-order valence-corrected chi connectivity index (χ4v) is 4.47. The Morgan fingerprint density at radius 2 is 1.36 bits per heavy atom. The Morgan fingerprint density at radius 3 is 1.90 bits per heavy atom. The lowest BCUT2D eigenvalue weighted by atomic mass is 10.0. The summed E-state index contributed by atoms with van der Waals surface area (Å²) in [6, 6.07) is 15.1. The van der Waals surface area contributed by atoms with Gasteiger partial charge in [0, 0.05) is 44.1 Å². The number of alkyl halides is 6. The first-order valence-electron chi connectivity index (χ1n) is 12.0. The molecule has 0 aliphatic carbocycles. The highest BCUT2D eigenvalue weighted by Gasteiger charge is 2.37. The van der Waals surface area contributed by atoms with Crippen LogP contribution in [0.1, 0.15) is 22.7 Å². The Bertz CT molecular complexity index is 1220. The maximum absolute atomic E-state index is 13.3. The molecule has 2 N–H and O–H groups in total. The van der Waals surface area contributed by atoms with E-state index in [-0.39, 0.29) is 24.5 Å². The van der Waals surface area contributed by atoms with Gasteiger partial charge in [-0.15, -0.1) is 0 Å². The lowest BCUT2D eigenvalue weighted by Gasteiger charge is -2.40. The number of urea groups is 1. The summed E-state index contributed by atoms with van der Waals surface area (Å²) in [6.07, 6.45) is -10.1. The Labute approximate surface area is 220 Å². The van der Waals surface area contributed by atoms with Crippen molar-refractivity contribution in [2.45, 2.75) is 18.4 Å².